The molecule has 1 heterocycles. The van der Waals surface area contributed by atoms with Crippen molar-refractivity contribution in [3.63, 3.8) is 0 Å². The van der Waals surface area contributed by atoms with Gasteiger partial charge >= 0.3 is 0 Å². The number of fused-ring (bicyclic) bond motifs is 1. The topological polar surface area (TPSA) is 73.3 Å². The van der Waals surface area contributed by atoms with Crippen molar-refractivity contribution < 1.29 is 14.3 Å². The normalized spacial score (nSPS) is 15.6. The number of benzene rings is 2. The lowest BCUT2D eigenvalue weighted by molar-refractivity contribution is 0.0962. The fourth-order valence-electron chi connectivity index (χ4n) is 3.70. The highest BCUT2D eigenvalue weighted by Crippen LogP contribution is 2.36. The van der Waals surface area contributed by atoms with Crippen LogP contribution in [0.3, 0.4) is 0 Å². The van der Waals surface area contributed by atoms with Crippen LogP contribution < -0.4 is 14.8 Å². The first kappa shape index (κ1) is 18.9. The smallest absolute Gasteiger partial charge is 0.227 e. The predicted molar refractivity (Wildman–Crippen MR) is 111 cm³/mol. The maximum atomic E-state index is 12.7. The van der Waals surface area contributed by atoms with E-state index >= 15 is 0 Å². The largest absolute Gasteiger partial charge is 0.493 e. The maximum Gasteiger partial charge on any atom is 0.227 e. The van der Waals surface area contributed by atoms with Crippen LogP contribution in [-0.2, 0) is 6.42 Å². The zero-order chi connectivity index (χ0) is 20.4. The van der Waals surface area contributed by atoms with E-state index in [0.717, 1.165) is 22.5 Å². The zero-order valence-electron chi connectivity index (χ0n) is 16.7. The van der Waals surface area contributed by atoms with E-state index in [1.807, 2.05) is 49.4 Å². The highest BCUT2D eigenvalue weighted by molar-refractivity contribution is 5.98. The molecule has 4 rings (SSSR count). The Morgan fingerprint density at radius 2 is 1.86 bits per heavy atom. The molecule has 6 heteroatoms. The molecule has 0 aliphatic heterocycles. The third kappa shape index (κ3) is 3.92. The quantitative estimate of drug-likeness (QED) is 0.695. The number of nitrogens with one attached hydrogen (secondary N) is 1. The Balaban J connectivity index is 1.61. The SMILES string of the molecule is COc1ccc(C2CC(=O)c3cnc(Nc4cccc(C)c4)nc3C2)cc1OC. The lowest BCUT2D eigenvalue weighted by atomic mass is 9.82. The number of ketones is 1. The summed E-state index contributed by atoms with van der Waals surface area (Å²) < 4.78 is 10.7. The number of carbonyl (C=O) groups excluding carboxylic acids is 1. The summed E-state index contributed by atoms with van der Waals surface area (Å²) in [5.41, 5.74) is 4.48. The first-order valence-corrected chi connectivity index (χ1v) is 9.52. The molecular formula is C23H23N3O3. The molecule has 1 aliphatic carbocycles. The summed E-state index contributed by atoms with van der Waals surface area (Å²) in [6.45, 7) is 2.03. The predicted octanol–water partition coefficient (Wildman–Crippen LogP) is 4.46. The molecule has 6 nitrogen and oxygen atoms in total. The lowest BCUT2D eigenvalue weighted by Crippen LogP contribution is -2.21. The summed E-state index contributed by atoms with van der Waals surface area (Å²) >= 11 is 0. The van der Waals surface area contributed by atoms with Gasteiger partial charge < -0.3 is 14.8 Å². The summed E-state index contributed by atoms with van der Waals surface area (Å²) in [6, 6.07) is 13.8. The Morgan fingerprint density at radius 1 is 1.03 bits per heavy atom. The van der Waals surface area contributed by atoms with Gasteiger partial charge in [-0.25, -0.2) is 9.97 Å². The second-order valence-corrected chi connectivity index (χ2v) is 7.19. The van der Waals surface area contributed by atoms with Crippen molar-refractivity contribution >= 4 is 17.4 Å². The van der Waals surface area contributed by atoms with E-state index < -0.39 is 0 Å². The molecule has 1 atom stereocenters. The number of methoxy groups -OCH3 is 2. The average Bonchev–Trinajstić information content (AvgIpc) is 2.73. The van der Waals surface area contributed by atoms with Gasteiger partial charge in [-0.1, -0.05) is 18.2 Å². The summed E-state index contributed by atoms with van der Waals surface area (Å²) in [5, 5.41) is 3.23. The molecule has 0 saturated heterocycles. The number of hydrogen-bond acceptors (Lipinski definition) is 6. The number of Topliss-reactive ketones (excluding diaryl/α,β-unsaturated/α-hetero) is 1. The van der Waals surface area contributed by atoms with Crippen LogP contribution >= 0.6 is 0 Å². The average molecular weight is 389 g/mol. The monoisotopic (exact) mass is 389 g/mol. The third-order valence-electron chi connectivity index (χ3n) is 5.19. The number of rotatable bonds is 5. The molecule has 1 N–H and O–H groups in total. The molecule has 3 aromatic rings. The van der Waals surface area contributed by atoms with Crippen molar-refractivity contribution in [2.45, 2.75) is 25.7 Å². The number of anilines is 2. The van der Waals surface area contributed by atoms with E-state index in [9.17, 15) is 4.79 Å². The van der Waals surface area contributed by atoms with E-state index in [-0.39, 0.29) is 11.7 Å². The Bertz CT molecular complexity index is 1060. The molecular weight excluding hydrogens is 366 g/mol. The molecule has 0 amide bonds. The minimum Gasteiger partial charge on any atom is -0.493 e. The summed E-state index contributed by atoms with van der Waals surface area (Å²) in [7, 11) is 3.22. The number of aryl methyl sites for hydroxylation is 1. The second-order valence-electron chi connectivity index (χ2n) is 7.19. The molecule has 0 radical (unpaired) electrons. The molecule has 148 valence electrons. The highest BCUT2D eigenvalue weighted by Gasteiger charge is 2.28. The first-order chi connectivity index (χ1) is 14.1. The molecule has 1 unspecified atom stereocenters. The van der Waals surface area contributed by atoms with Gasteiger partial charge in [0.15, 0.2) is 17.3 Å². The number of aromatic nitrogens is 2. The van der Waals surface area contributed by atoms with Crippen molar-refractivity contribution in [3.8, 4) is 11.5 Å². The van der Waals surface area contributed by atoms with Crippen LogP contribution in [0.15, 0.2) is 48.7 Å². The summed E-state index contributed by atoms with van der Waals surface area (Å²) in [5.74, 6) is 1.93. The molecule has 1 aromatic heterocycles. The van der Waals surface area contributed by atoms with E-state index in [2.05, 4.69) is 15.3 Å². The number of nitrogens with zero attached hydrogens (tertiary/aromatic N) is 2. The lowest BCUT2D eigenvalue weighted by Gasteiger charge is -2.24. The zero-order valence-corrected chi connectivity index (χ0v) is 16.7. The fraction of sp³-hybridized carbons (Fsp3) is 0.261. The molecule has 0 bridgehead atoms. The molecule has 1 aliphatic rings. The molecule has 2 aromatic carbocycles. The number of ether oxygens (including phenoxy) is 2. The number of hydrogen-bond donors (Lipinski definition) is 1. The molecule has 0 saturated carbocycles. The molecule has 0 spiro atoms. The minimum absolute atomic E-state index is 0.0384. The summed E-state index contributed by atoms with van der Waals surface area (Å²) in [4.78, 5) is 21.7. The van der Waals surface area contributed by atoms with Gasteiger partial charge in [0.05, 0.1) is 25.5 Å². The van der Waals surface area contributed by atoms with Crippen molar-refractivity contribution in [3.05, 3.63) is 71.0 Å². The molecule has 0 fully saturated rings. The second kappa shape index (κ2) is 7.91. The third-order valence-corrected chi connectivity index (χ3v) is 5.19. The number of carbonyl (C=O) groups is 1. The maximum absolute atomic E-state index is 12.7. The van der Waals surface area contributed by atoms with Gasteiger partial charge in [0.2, 0.25) is 5.95 Å². The van der Waals surface area contributed by atoms with Gasteiger partial charge in [-0.3, -0.25) is 4.79 Å². The van der Waals surface area contributed by atoms with Crippen molar-refractivity contribution in [1.29, 1.82) is 0 Å². The van der Waals surface area contributed by atoms with Crippen LogP contribution in [0.25, 0.3) is 0 Å². The summed E-state index contributed by atoms with van der Waals surface area (Å²) in [6.07, 6.45) is 2.73. The van der Waals surface area contributed by atoms with Gasteiger partial charge in [-0.05, 0) is 54.7 Å². The Kier molecular flexibility index (Phi) is 5.16. The minimum atomic E-state index is 0.0384. The van der Waals surface area contributed by atoms with E-state index in [1.165, 1.54) is 0 Å². The highest BCUT2D eigenvalue weighted by atomic mass is 16.5. The van der Waals surface area contributed by atoms with E-state index in [4.69, 9.17) is 9.47 Å². The first-order valence-electron chi connectivity index (χ1n) is 9.52. The van der Waals surface area contributed by atoms with Crippen LogP contribution in [0, 0.1) is 6.92 Å². The van der Waals surface area contributed by atoms with Crippen LogP contribution in [0.4, 0.5) is 11.6 Å². The Morgan fingerprint density at radius 3 is 2.62 bits per heavy atom. The van der Waals surface area contributed by atoms with Crippen molar-refractivity contribution in [1.82, 2.24) is 9.97 Å². The van der Waals surface area contributed by atoms with Gasteiger partial charge in [-0.2, -0.15) is 0 Å². The van der Waals surface area contributed by atoms with Crippen LogP contribution in [0.2, 0.25) is 0 Å². The van der Waals surface area contributed by atoms with Gasteiger partial charge in [0.25, 0.3) is 0 Å². The van der Waals surface area contributed by atoms with Crippen LogP contribution in [0.5, 0.6) is 11.5 Å². The van der Waals surface area contributed by atoms with Gasteiger partial charge in [0, 0.05) is 18.3 Å². The standard InChI is InChI=1S/C23H23N3O3/c1-14-5-4-6-17(9-14)25-23-24-13-18-19(26-23)10-16(11-20(18)27)15-7-8-21(28-2)22(12-15)29-3/h4-9,12-13,16H,10-11H2,1-3H3,(H,24,25,26). The Hall–Kier alpha value is -3.41. The fourth-order valence-corrected chi connectivity index (χ4v) is 3.70. The Labute approximate surface area is 169 Å². The van der Waals surface area contributed by atoms with Crippen molar-refractivity contribution in [2.24, 2.45) is 0 Å². The van der Waals surface area contributed by atoms with Crippen molar-refractivity contribution in [2.75, 3.05) is 19.5 Å². The van der Waals surface area contributed by atoms with Gasteiger partial charge in [0.1, 0.15) is 0 Å². The van der Waals surface area contributed by atoms with E-state index in [1.54, 1.807) is 20.4 Å². The van der Waals surface area contributed by atoms with Gasteiger partial charge in [-0.15, -0.1) is 0 Å². The van der Waals surface area contributed by atoms with Crippen LogP contribution in [-0.4, -0.2) is 30.0 Å². The van der Waals surface area contributed by atoms with Crippen LogP contribution in [0.1, 0.15) is 39.5 Å². The van der Waals surface area contributed by atoms with E-state index in [0.29, 0.717) is 35.9 Å². The molecule has 29 heavy (non-hydrogen) atoms.